The Hall–Kier alpha value is -1.95. The van der Waals surface area contributed by atoms with Crippen LogP contribution in [0.2, 0.25) is 0 Å². The van der Waals surface area contributed by atoms with E-state index in [9.17, 15) is 13.6 Å². The Kier molecular flexibility index (Phi) is 4.90. The maximum atomic E-state index is 13.9. The number of hydrogen-bond acceptors (Lipinski definition) is 4. The maximum absolute atomic E-state index is 13.9. The number of halogens is 2. The van der Waals surface area contributed by atoms with Gasteiger partial charge in [-0.25, -0.2) is 13.6 Å². The molecule has 1 heterocycles. The molecule has 6 heteroatoms. The van der Waals surface area contributed by atoms with Gasteiger partial charge in [-0.2, -0.15) is 0 Å². The molecule has 0 radical (unpaired) electrons. The number of carbonyl (C=O) groups excluding carboxylic acids is 1. The molecule has 0 spiro atoms. The summed E-state index contributed by atoms with van der Waals surface area (Å²) in [5, 5.41) is 2.83. The quantitative estimate of drug-likeness (QED) is 0.849. The summed E-state index contributed by atoms with van der Waals surface area (Å²) in [6, 6.07) is 6.50. The summed E-state index contributed by atoms with van der Waals surface area (Å²) in [6.45, 7) is 2.46. The highest BCUT2D eigenvalue weighted by Gasteiger charge is 2.18. The number of thiophene rings is 1. The van der Waals surface area contributed by atoms with Crippen LogP contribution in [0.25, 0.3) is 0 Å². The number of ether oxygens (including phenoxy) is 1. The zero-order chi connectivity index (χ0) is 15.4. The molecule has 112 valence electrons. The molecule has 0 unspecified atom stereocenters. The van der Waals surface area contributed by atoms with E-state index in [1.54, 1.807) is 11.3 Å². The minimum atomic E-state index is -1.20. The summed E-state index contributed by atoms with van der Waals surface area (Å²) in [6.07, 6.45) is 0.946. The molecule has 1 aromatic heterocycles. The second kappa shape index (κ2) is 6.67. The average molecular weight is 311 g/mol. The van der Waals surface area contributed by atoms with E-state index in [2.05, 4.69) is 17.0 Å². The van der Waals surface area contributed by atoms with Gasteiger partial charge in [-0.1, -0.05) is 6.92 Å². The number of rotatable bonds is 5. The molecule has 2 aromatic rings. The van der Waals surface area contributed by atoms with Crippen molar-refractivity contribution in [1.29, 1.82) is 0 Å². The van der Waals surface area contributed by atoms with Crippen LogP contribution < -0.4 is 5.32 Å². The molecule has 0 amide bonds. The Morgan fingerprint density at radius 3 is 2.52 bits per heavy atom. The number of methoxy groups -OCH3 is 1. The summed E-state index contributed by atoms with van der Waals surface area (Å²) in [4.78, 5) is 13.5. The first-order valence-electron chi connectivity index (χ1n) is 6.44. The monoisotopic (exact) mass is 311 g/mol. The number of anilines is 1. The third-order valence-electron chi connectivity index (χ3n) is 3.01. The van der Waals surface area contributed by atoms with Crippen LogP contribution in [0.3, 0.4) is 0 Å². The summed E-state index contributed by atoms with van der Waals surface area (Å²) in [5.41, 5.74) is -0.392. The van der Waals surface area contributed by atoms with Crippen LogP contribution in [0.4, 0.5) is 14.5 Å². The second-order valence-electron chi connectivity index (χ2n) is 4.36. The van der Waals surface area contributed by atoms with Crippen LogP contribution in [0.15, 0.2) is 24.3 Å². The lowest BCUT2D eigenvalue weighted by Gasteiger charge is -2.09. The Bertz CT molecular complexity index is 655. The zero-order valence-electron chi connectivity index (χ0n) is 11.7. The van der Waals surface area contributed by atoms with Gasteiger partial charge in [0.1, 0.15) is 0 Å². The molecule has 0 aliphatic rings. The molecule has 1 aromatic carbocycles. The lowest BCUT2D eigenvalue weighted by Crippen LogP contribution is -2.09. The predicted octanol–water partition coefficient (Wildman–Crippen LogP) is 3.99. The third-order valence-corrected chi connectivity index (χ3v) is 4.24. The first-order chi connectivity index (χ1) is 10.1. The van der Waals surface area contributed by atoms with Gasteiger partial charge in [0.25, 0.3) is 0 Å². The van der Waals surface area contributed by atoms with Gasteiger partial charge in [-0.05, 0) is 30.7 Å². The fourth-order valence-electron chi connectivity index (χ4n) is 1.84. The van der Waals surface area contributed by atoms with Crippen molar-refractivity contribution in [2.24, 2.45) is 0 Å². The molecule has 1 N–H and O–H groups in total. The summed E-state index contributed by atoms with van der Waals surface area (Å²) < 4.78 is 32.1. The van der Waals surface area contributed by atoms with Gasteiger partial charge in [0.15, 0.2) is 11.6 Å². The predicted molar refractivity (Wildman–Crippen MR) is 78.7 cm³/mol. The van der Waals surface area contributed by atoms with Gasteiger partial charge >= 0.3 is 5.97 Å². The lowest BCUT2D eigenvalue weighted by molar-refractivity contribution is 0.0594. The highest BCUT2D eigenvalue weighted by molar-refractivity contribution is 7.12. The minimum Gasteiger partial charge on any atom is -0.465 e. The maximum Gasteiger partial charge on any atom is 0.340 e. The van der Waals surface area contributed by atoms with Crippen LogP contribution in [0.5, 0.6) is 0 Å². The lowest BCUT2D eigenvalue weighted by atomic mass is 10.2. The van der Waals surface area contributed by atoms with E-state index in [4.69, 9.17) is 0 Å². The molecule has 0 atom stereocenters. The third kappa shape index (κ3) is 3.39. The largest absolute Gasteiger partial charge is 0.465 e. The standard InChI is InChI=1S/C15H15F2NO2S/c1-3-9-4-5-10(21-9)8-18-12-7-6-11(15(19)20-2)13(16)14(12)17/h4-7,18H,3,8H2,1-2H3. The van der Waals surface area contributed by atoms with Crippen molar-refractivity contribution in [3.8, 4) is 0 Å². The molecule has 0 fully saturated rings. The van der Waals surface area contributed by atoms with Crippen molar-refractivity contribution >= 4 is 23.0 Å². The van der Waals surface area contributed by atoms with Crippen molar-refractivity contribution in [2.45, 2.75) is 19.9 Å². The molecule has 0 saturated carbocycles. The molecule has 0 saturated heterocycles. The second-order valence-corrected chi connectivity index (χ2v) is 5.61. The van der Waals surface area contributed by atoms with Crippen molar-refractivity contribution in [2.75, 3.05) is 12.4 Å². The van der Waals surface area contributed by atoms with Crippen LogP contribution in [0.1, 0.15) is 27.0 Å². The Balaban J connectivity index is 2.14. The number of aryl methyl sites for hydroxylation is 1. The van der Waals surface area contributed by atoms with Gasteiger partial charge in [-0.15, -0.1) is 11.3 Å². The zero-order valence-corrected chi connectivity index (χ0v) is 12.5. The van der Waals surface area contributed by atoms with E-state index in [0.717, 1.165) is 18.4 Å². The Morgan fingerprint density at radius 2 is 1.90 bits per heavy atom. The number of hydrogen-bond donors (Lipinski definition) is 1. The van der Waals surface area contributed by atoms with Gasteiger partial charge < -0.3 is 10.1 Å². The normalized spacial score (nSPS) is 10.5. The number of carbonyl (C=O) groups is 1. The molecule has 0 bridgehead atoms. The number of benzene rings is 1. The smallest absolute Gasteiger partial charge is 0.340 e. The Morgan fingerprint density at radius 1 is 1.19 bits per heavy atom. The Labute approximate surface area is 125 Å². The first kappa shape index (κ1) is 15.4. The van der Waals surface area contributed by atoms with E-state index in [1.807, 2.05) is 12.1 Å². The van der Waals surface area contributed by atoms with E-state index >= 15 is 0 Å². The van der Waals surface area contributed by atoms with Gasteiger partial charge in [0, 0.05) is 16.3 Å². The van der Waals surface area contributed by atoms with Crippen LogP contribution in [0, 0.1) is 11.6 Å². The van der Waals surface area contributed by atoms with E-state index < -0.39 is 23.2 Å². The fraction of sp³-hybridized carbons (Fsp3) is 0.267. The summed E-state index contributed by atoms with van der Waals surface area (Å²) >= 11 is 1.62. The summed E-state index contributed by atoms with van der Waals surface area (Å²) in [5.74, 6) is -3.18. The van der Waals surface area contributed by atoms with E-state index in [1.165, 1.54) is 17.0 Å². The van der Waals surface area contributed by atoms with Crippen molar-refractivity contribution in [3.63, 3.8) is 0 Å². The molecule has 2 rings (SSSR count). The number of nitrogens with one attached hydrogen (secondary N) is 1. The highest BCUT2D eigenvalue weighted by Crippen LogP contribution is 2.23. The number of esters is 1. The molecule has 0 aliphatic carbocycles. The van der Waals surface area contributed by atoms with E-state index in [0.29, 0.717) is 6.54 Å². The summed E-state index contributed by atoms with van der Waals surface area (Å²) in [7, 11) is 1.12. The van der Waals surface area contributed by atoms with Crippen molar-refractivity contribution in [1.82, 2.24) is 0 Å². The molecular weight excluding hydrogens is 296 g/mol. The van der Waals surface area contributed by atoms with Crippen LogP contribution in [-0.4, -0.2) is 13.1 Å². The van der Waals surface area contributed by atoms with Crippen LogP contribution >= 0.6 is 11.3 Å². The van der Waals surface area contributed by atoms with E-state index in [-0.39, 0.29) is 5.69 Å². The van der Waals surface area contributed by atoms with Gasteiger partial charge in [0.2, 0.25) is 0 Å². The SMILES string of the molecule is CCc1ccc(CNc2ccc(C(=O)OC)c(F)c2F)s1. The minimum absolute atomic E-state index is 0.0200. The fourth-order valence-corrected chi connectivity index (χ4v) is 2.74. The van der Waals surface area contributed by atoms with Crippen molar-refractivity contribution in [3.05, 3.63) is 51.2 Å². The highest BCUT2D eigenvalue weighted by atomic mass is 32.1. The molecule has 3 nitrogen and oxygen atoms in total. The van der Waals surface area contributed by atoms with Crippen LogP contribution in [-0.2, 0) is 17.7 Å². The van der Waals surface area contributed by atoms with Gasteiger partial charge in [-0.3, -0.25) is 0 Å². The van der Waals surface area contributed by atoms with Gasteiger partial charge in [0.05, 0.1) is 18.4 Å². The molecule has 21 heavy (non-hydrogen) atoms. The van der Waals surface area contributed by atoms with Crippen molar-refractivity contribution < 1.29 is 18.3 Å². The topological polar surface area (TPSA) is 38.3 Å². The average Bonchev–Trinajstić information content (AvgIpc) is 2.96. The molecular formula is C15H15F2NO2S. The molecule has 0 aliphatic heterocycles. The first-order valence-corrected chi connectivity index (χ1v) is 7.26.